The summed E-state index contributed by atoms with van der Waals surface area (Å²) in [6, 6.07) is 1.19. The van der Waals surface area contributed by atoms with Crippen molar-refractivity contribution < 1.29 is 18.8 Å². The second-order valence-corrected chi connectivity index (χ2v) is 3.25. The smallest absolute Gasteiger partial charge is 0.275 e. The molecule has 1 atom stereocenters. The van der Waals surface area contributed by atoms with Crippen molar-refractivity contribution in [3.63, 3.8) is 0 Å². The molecule has 0 bridgehead atoms. The van der Waals surface area contributed by atoms with Crippen LogP contribution in [0.5, 0.6) is 0 Å². The number of aliphatic hydroxyl groups excluding tert-OH is 1. The van der Waals surface area contributed by atoms with Crippen molar-refractivity contribution in [3.8, 4) is 0 Å². The SMILES string of the molecule is NCC(O)Cc1cc(F)c(F)cc1[N+](=O)[O-]. The third-order valence-corrected chi connectivity index (χ3v) is 2.05. The van der Waals surface area contributed by atoms with Gasteiger partial charge in [-0.05, 0) is 6.07 Å². The van der Waals surface area contributed by atoms with Crippen molar-refractivity contribution in [1.82, 2.24) is 0 Å². The Morgan fingerprint density at radius 2 is 2.00 bits per heavy atom. The Morgan fingerprint density at radius 1 is 1.44 bits per heavy atom. The van der Waals surface area contributed by atoms with E-state index in [0.717, 1.165) is 0 Å². The molecule has 1 rings (SSSR count). The fourth-order valence-electron chi connectivity index (χ4n) is 1.25. The van der Waals surface area contributed by atoms with Gasteiger partial charge in [0.1, 0.15) is 0 Å². The van der Waals surface area contributed by atoms with Crippen LogP contribution in [0.15, 0.2) is 12.1 Å². The van der Waals surface area contributed by atoms with Crippen LogP contribution in [0, 0.1) is 21.7 Å². The minimum Gasteiger partial charge on any atom is -0.391 e. The highest BCUT2D eigenvalue weighted by molar-refractivity contribution is 5.41. The minimum atomic E-state index is -1.29. The van der Waals surface area contributed by atoms with Crippen LogP contribution in [0.4, 0.5) is 14.5 Å². The molecule has 0 radical (unpaired) electrons. The molecule has 1 aromatic carbocycles. The van der Waals surface area contributed by atoms with E-state index in [1.807, 2.05) is 0 Å². The fraction of sp³-hybridized carbons (Fsp3) is 0.333. The van der Waals surface area contributed by atoms with Crippen LogP contribution < -0.4 is 5.73 Å². The monoisotopic (exact) mass is 232 g/mol. The van der Waals surface area contributed by atoms with Crippen molar-refractivity contribution in [3.05, 3.63) is 39.4 Å². The highest BCUT2D eigenvalue weighted by Gasteiger charge is 2.20. The number of benzene rings is 1. The first-order chi connectivity index (χ1) is 7.45. The lowest BCUT2D eigenvalue weighted by atomic mass is 10.1. The van der Waals surface area contributed by atoms with Gasteiger partial charge in [0.2, 0.25) is 0 Å². The van der Waals surface area contributed by atoms with Gasteiger partial charge in [-0.25, -0.2) is 8.78 Å². The van der Waals surface area contributed by atoms with E-state index in [1.54, 1.807) is 0 Å². The number of nitro groups is 1. The summed E-state index contributed by atoms with van der Waals surface area (Å²) in [5.41, 5.74) is 4.48. The topological polar surface area (TPSA) is 89.4 Å². The van der Waals surface area contributed by atoms with Crippen molar-refractivity contribution in [2.24, 2.45) is 5.73 Å². The van der Waals surface area contributed by atoms with Crippen LogP contribution in [-0.2, 0) is 6.42 Å². The van der Waals surface area contributed by atoms with Gasteiger partial charge in [0.15, 0.2) is 11.6 Å². The molecule has 0 spiro atoms. The minimum absolute atomic E-state index is 0.0816. The summed E-state index contributed by atoms with van der Waals surface area (Å²) in [6.45, 7) is -0.115. The van der Waals surface area contributed by atoms with Crippen LogP contribution in [0.3, 0.4) is 0 Å². The third kappa shape index (κ3) is 2.71. The zero-order valence-corrected chi connectivity index (χ0v) is 8.19. The summed E-state index contributed by atoms with van der Waals surface area (Å²) in [4.78, 5) is 9.73. The molecular formula is C9H10F2N2O3. The van der Waals surface area contributed by atoms with E-state index in [9.17, 15) is 24.0 Å². The van der Waals surface area contributed by atoms with E-state index in [2.05, 4.69) is 0 Å². The van der Waals surface area contributed by atoms with Gasteiger partial charge in [0.05, 0.1) is 17.1 Å². The predicted octanol–water partition coefficient (Wildman–Crippen LogP) is 0.735. The Labute approximate surface area is 89.6 Å². The summed E-state index contributed by atoms with van der Waals surface area (Å²) in [5, 5.41) is 19.8. The summed E-state index contributed by atoms with van der Waals surface area (Å²) in [6.07, 6.45) is -1.21. The normalized spacial score (nSPS) is 12.5. The molecule has 0 saturated carbocycles. The van der Waals surface area contributed by atoms with Gasteiger partial charge in [-0.3, -0.25) is 10.1 Å². The number of hydrogen-bond donors (Lipinski definition) is 2. The van der Waals surface area contributed by atoms with Crippen LogP contribution in [-0.4, -0.2) is 22.7 Å². The number of aliphatic hydroxyl groups is 1. The Kier molecular flexibility index (Phi) is 3.86. The number of hydrogen-bond acceptors (Lipinski definition) is 4. The molecule has 0 saturated heterocycles. The van der Waals surface area contributed by atoms with Crippen molar-refractivity contribution in [2.45, 2.75) is 12.5 Å². The first kappa shape index (κ1) is 12.5. The van der Waals surface area contributed by atoms with Gasteiger partial charge < -0.3 is 10.8 Å². The Morgan fingerprint density at radius 3 is 2.50 bits per heavy atom. The van der Waals surface area contributed by atoms with Crippen molar-refractivity contribution >= 4 is 5.69 Å². The Bertz CT molecular complexity index is 412. The average Bonchev–Trinajstić information content (AvgIpc) is 2.22. The first-order valence-corrected chi connectivity index (χ1v) is 4.46. The highest BCUT2D eigenvalue weighted by atomic mass is 19.2. The summed E-state index contributed by atoms with van der Waals surface area (Å²) >= 11 is 0. The molecule has 3 N–H and O–H groups in total. The van der Waals surface area contributed by atoms with Gasteiger partial charge in [0, 0.05) is 18.5 Å². The van der Waals surface area contributed by atoms with E-state index in [1.165, 1.54) is 0 Å². The lowest BCUT2D eigenvalue weighted by Gasteiger charge is -2.08. The maximum atomic E-state index is 12.9. The molecule has 0 aliphatic carbocycles. The number of nitrogens with zero attached hydrogens (tertiary/aromatic N) is 1. The molecule has 1 aromatic rings. The van der Waals surface area contributed by atoms with E-state index in [0.29, 0.717) is 12.1 Å². The van der Waals surface area contributed by atoms with Gasteiger partial charge in [0.25, 0.3) is 5.69 Å². The quantitative estimate of drug-likeness (QED) is 0.591. The lowest BCUT2D eigenvalue weighted by Crippen LogP contribution is -2.22. The van der Waals surface area contributed by atoms with Gasteiger partial charge in [-0.2, -0.15) is 0 Å². The van der Waals surface area contributed by atoms with E-state index in [4.69, 9.17) is 5.73 Å². The number of halogens is 2. The summed E-state index contributed by atoms with van der Waals surface area (Å²) in [7, 11) is 0. The van der Waals surface area contributed by atoms with Gasteiger partial charge in [-0.1, -0.05) is 0 Å². The van der Waals surface area contributed by atoms with Crippen LogP contribution >= 0.6 is 0 Å². The van der Waals surface area contributed by atoms with Crippen LogP contribution in [0.1, 0.15) is 5.56 Å². The average molecular weight is 232 g/mol. The fourth-order valence-corrected chi connectivity index (χ4v) is 1.25. The van der Waals surface area contributed by atoms with E-state index in [-0.39, 0.29) is 18.5 Å². The second kappa shape index (κ2) is 4.95. The molecule has 0 aliphatic heterocycles. The van der Waals surface area contributed by atoms with Crippen LogP contribution in [0.25, 0.3) is 0 Å². The molecule has 0 aliphatic rings. The molecule has 16 heavy (non-hydrogen) atoms. The molecule has 88 valence electrons. The highest BCUT2D eigenvalue weighted by Crippen LogP contribution is 2.23. The molecular weight excluding hydrogens is 222 g/mol. The van der Waals surface area contributed by atoms with Gasteiger partial charge >= 0.3 is 0 Å². The number of nitrogens with two attached hydrogens (primary N) is 1. The summed E-state index contributed by atoms with van der Waals surface area (Å²) in [5.74, 6) is -2.48. The third-order valence-electron chi connectivity index (χ3n) is 2.05. The standard InChI is InChI=1S/C9H10F2N2O3/c10-7-2-5(1-6(14)4-12)9(13(15)16)3-8(7)11/h2-3,6,14H,1,4,12H2. The van der Waals surface area contributed by atoms with E-state index >= 15 is 0 Å². The Hall–Kier alpha value is -1.60. The number of nitro benzene ring substituents is 1. The maximum Gasteiger partial charge on any atom is 0.275 e. The molecule has 0 fully saturated rings. The van der Waals surface area contributed by atoms with Crippen molar-refractivity contribution in [1.29, 1.82) is 0 Å². The lowest BCUT2D eigenvalue weighted by molar-refractivity contribution is -0.385. The molecule has 1 unspecified atom stereocenters. The maximum absolute atomic E-state index is 12.9. The van der Waals surface area contributed by atoms with Crippen LogP contribution in [0.2, 0.25) is 0 Å². The molecule has 0 aromatic heterocycles. The number of rotatable bonds is 4. The largest absolute Gasteiger partial charge is 0.391 e. The summed E-state index contributed by atoms with van der Waals surface area (Å²) < 4.78 is 25.6. The van der Waals surface area contributed by atoms with Crippen molar-refractivity contribution in [2.75, 3.05) is 6.54 Å². The molecule has 0 heterocycles. The zero-order chi connectivity index (χ0) is 12.3. The van der Waals surface area contributed by atoms with Gasteiger partial charge in [-0.15, -0.1) is 0 Å². The Balaban J connectivity index is 3.14. The van der Waals surface area contributed by atoms with E-state index < -0.39 is 28.3 Å². The molecule has 5 nitrogen and oxygen atoms in total. The second-order valence-electron chi connectivity index (χ2n) is 3.25. The first-order valence-electron chi connectivity index (χ1n) is 4.46. The molecule has 7 heteroatoms. The predicted molar refractivity (Wildman–Crippen MR) is 51.8 cm³/mol. The molecule has 0 amide bonds. The zero-order valence-electron chi connectivity index (χ0n) is 8.19.